The Morgan fingerprint density at radius 1 is 1.17 bits per heavy atom. The summed E-state index contributed by atoms with van der Waals surface area (Å²) in [6.45, 7) is 4.21. The Bertz CT molecular complexity index is 514. The smallest absolute Gasteiger partial charge is 0.140 e. The molecular formula is C14H15ClN2S. The molecular weight excluding hydrogens is 264 g/mol. The summed E-state index contributed by atoms with van der Waals surface area (Å²) in [5.41, 5.74) is 0.999. The maximum absolute atomic E-state index is 6.02. The number of halogens is 1. The number of aromatic nitrogens is 2. The number of hydrogen-bond acceptors (Lipinski definition) is 3. The molecule has 2 rings (SSSR count). The van der Waals surface area contributed by atoms with Crippen molar-refractivity contribution in [2.24, 2.45) is 0 Å². The minimum Gasteiger partial charge on any atom is -0.237 e. The van der Waals surface area contributed by atoms with E-state index >= 15 is 0 Å². The summed E-state index contributed by atoms with van der Waals surface area (Å²) in [5.74, 6) is 1.90. The highest BCUT2D eigenvalue weighted by Gasteiger charge is 2.07. The molecule has 0 spiro atoms. The van der Waals surface area contributed by atoms with Gasteiger partial charge in [-0.15, -0.1) is 11.8 Å². The van der Waals surface area contributed by atoms with Gasteiger partial charge in [-0.2, -0.15) is 0 Å². The lowest BCUT2D eigenvalue weighted by Gasteiger charge is -2.07. The molecule has 1 aromatic carbocycles. The molecule has 1 aromatic heterocycles. The molecule has 0 N–H and O–H groups in total. The Morgan fingerprint density at radius 2 is 1.89 bits per heavy atom. The Hall–Kier alpha value is -1.06. The topological polar surface area (TPSA) is 25.8 Å². The quantitative estimate of drug-likeness (QED) is 0.606. The highest BCUT2D eigenvalue weighted by Crippen LogP contribution is 2.23. The molecule has 0 amide bonds. The highest BCUT2D eigenvalue weighted by molar-refractivity contribution is 7.98. The van der Waals surface area contributed by atoms with Gasteiger partial charge >= 0.3 is 0 Å². The lowest BCUT2D eigenvalue weighted by Crippen LogP contribution is -2.00. The average Bonchev–Trinajstić information content (AvgIpc) is 2.37. The molecule has 0 atom stereocenters. The van der Waals surface area contributed by atoms with Gasteiger partial charge in [-0.3, -0.25) is 0 Å². The van der Waals surface area contributed by atoms with E-state index in [-0.39, 0.29) is 0 Å². The second-order valence-corrected chi connectivity index (χ2v) is 5.72. The van der Waals surface area contributed by atoms with Crippen molar-refractivity contribution in [3.8, 4) is 0 Å². The summed E-state index contributed by atoms with van der Waals surface area (Å²) in [5, 5.41) is 0.525. The number of nitrogens with zero attached hydrogens (tertiary/aromatic N) is 2. The molecule has 0 radical (unpaired) electrons. The van der Waals surface area contributed by atoms with Gasteiger partial charge in [-0.05, 0) is 24.1 Å². The first-order valence-electron chi connectivity index (χ1n) is 5.86. The first-order valence-corrected chi connectivity index (χ1v) is 7.22. The lowest BCUT2D eigenvalue weighted by atomic mass is 10.1. The third-order valence-electron chi connectivity index (χ3n) is 2.46. The Balaban J connectivity index is 2.10. The fraction of sp³-hybridized carbons (Fsp3) is 0.286. The molecule has 0 unspecified atom stereocenters. The van der Waals surface area contributed by atoms with Crippen LogP contribution in [0.25, 0.3) is 0 Å². The monoisotopic (exact) mass is 278 g/mol. The van der Waals surface area contributed by atoms with Crippen molar-refractivity contribution in [2.45, 2.75) is 30.4 Å². The van der Waals surface area contributed by atoms with E-state index in [1.165, 1.54) is 4.90 Å². The Labute approximate surface area is 117 Å². The van der Waals surface area contributed by atoms with E-state index in [0.717, 1.165) is 17.3 Å². The van der Waals surface area contributed by atoms with Crippen molar-refractivity contribution in [3.63, 3.8) is 0 Å². The van der Waals surface area contributed by atoms with Crippen LogP contribution in [0.3, 0.4) is 0 Å². The number of rotatable bonds is 4. The summed E-state index contributed by atoms with van der Waals surface area (Å²) in [7, 11) is 0. The average molecular weight is 279 g/mol. The van der Waals surface area contributed by atoms with Gasteiger partial charge in [0.05, 0.1) is 5.75 Å². The number of hydrogen-bond donors (Lipinski definition) is 0. The van der Waals surface area contributed by atoms with Crippen molar-refractivity contribution in [1.82, 2.24) is 9.97 Å². The number of benzene rings is 1. The van der Waals surface area contributed by atoms with Gasteiger partial charge in [0.15, 0.2) is 0 Å². The van der Waals surface area contributed by atoms with E-state index < -0.39 is 0 Å². The van der Waals surface area contributed by atoms with E-state index in [1.54, 1.807) is 11.8 Å². The van der Waals surface area contributed by atoms with Crippen molar-refractivity contribution in [1.29, 1.82) is 0 Å². The molecule has 2 nitrogen and oxygen atoms in total. The van der Waals surface area contributed by atoms with Crippen LogP contribution in [-0.2, 0) is 5.75 Å². The van der Waals surface area contributed by atoms with Crippen LogP contribution in [0.5, 0.6) is 0 Å². The molecule has 4 heteroatoms. The summed E-state index contributed by atoms with van der Waals surface area (Å²) in [6.07, 6.45) is 0. The molecule has 0 aliphatic rings. The zero-order chi connectivity index (χ0) is 13.0. The van der Waals surface area contributed by atoms with Crippen LogP contribution < -0.4 is 0 Å². The predicted molar refractivity (Wildman–Crippen MR) is 77.1 cm³/mol. The molecule has 18 heavy (non-hydrogen) atoms. The van der Waals surface area contributed by atoms with Gasteiger partial charge in [0.1, 0.15) is 11.0 Å². The standard InChI is InChI=1S/C14H15ClN2S/c1-10(2)12-8-13(15)17-14(16-12)9-18-11-6-4-3-5-7-11/h3-8,10H,9H2,1-2H3. The third-order valence-corrected chi connectivity index (χ3v) is 3.67. The van der Waals surface area contributed by atoms with Crippen molar-refractivity contribution < 1.29 is 0 Å². The normalized spacial score (nSPS) is 10.9. The summed E-state index contributed by atoms with van der Waals surface area (Å²) >= 11 is 7.73. The Kier molecular flexibility index (Phi) is 4.61. The molecule has 0 aliphatic carbocycles. The minimum absolute atomic E-state index is 0.367. The van der Waals surface area contributed by atoms with Crippen LogP contribution in [0.15, 0.2) is 41.3 Å². The van der Waals surface area contributed by atoms with Gasteiger partial charge in [0.2, 0.25) is 0 Å². The molecule has 0 fully saturated rings. The second-order valence-electron chi connectivity index (χ2n) is 4.29. The predicted octanol–water partition coefficient (Wildman–Crippen LogP) is 4.55. The van der Waals surface area contributed by atoms with Crippen LogP contribution in [-0.4, -0.2) is 9.97 Å². The first-order chi connectivity index (χ1) is 8.65. The third kappa shape index (κ3) is 3.72. The lowest BCUT2D eigenvalue weighted by molar-refractivity contribution is 0.799. The van der Waals surface area contributed by atoms with Crippen molar-refractivity contribution in [2.75, 3.05) is 0 Å². The van der Waals surface area contributed by atoms with Gasteiger partial charge in [0, 0.05) is 10.6 Å². The summed E-state index contributed by atoms with van der Waals surface area (Å²) < 4.78 is 0. The molecule has 94 valence electrons. The number of thioether (sulfide) groups is 1. The fourth-order valence-electron chi connectivity index (χ4n) is 1.51. The van der Waals surface area contributed by atoms with Crippen molar-refractivity contribution >= 4 is 23.4 Å². The van der Waals surface area contributed by atoms with Crippen LogP contribution >= 0.6 is 23.4 Å². The van der Waals surface area contributed by atoms with Gasteiger partial charge in [0.25, 0.3) is 0 Å². The van der Waals surface area contributed by atoms with E-state index in [1.807, 2.05) is 24.3 Å². The Morgan fingerprint density at radius 3 is 2.56 bits per heavy atom. The van der Waals surface area contributed by atoms with Crippen LogP contribution in [0.1, 0.15) is 31.3 Å². The molecule has 0 saturated carbocycles. The molecule has 0 bridgehead atoms. The van der Waals surface area contributed by atoms with E-state index in [2.05, 4.69) is 35.9 Å². The van der Waals surface area contributed by atoms with E-state index in [4.69, 9.17) is 11.6 Å². The molecule has 1 heterocycles. The van der Waals surface area contributed by atoms with Crippen molar-refractivity contribution in [3.05, 3.63) is 53.1 Å². The first kappa shape index (κ1) is 13.4. The van der Waals surface area contributed by atoms with Gasteiger partial charge < -0.3 is 0 Å². The maximum atomic E-state index is 6.02. The van der Waals surface area contributed by atoms with Crippen LogP contribution in [0, 0.1) is 0 Å². The van der Waals surface area contributed by atoms with Crippen LogP contribution in [0.4, 0.5) is 0 Å². The summed E-state index contributed by atoms with van der Waals surface area (Å²) in [4.78, 5) is 10.0. The zero-order valence-corrected chi connectivity index (χ0v) is 12.0. The maximum Gasteiger partial charge on any atom is 0.140 e. The SMILES string of the molecule is CC(C)c1cc(Cl)nc(CSc2ccccc2)n1. The second kappa shape index (κ2) is 6.21. The van der Waals surface area contributed by atoms with E-state index in [0.29, 0.717) is 11.1 Å². The molecule has 0 saturated heterocycles. The van der Waals surface area contributed by atoms with E-state index in [9.17, 15) is 0 Å². The largest absolute Gasteiger partial charge is 0.237 e. The molecule has 0 aliphatic heterocycles. The summed E-state index contributed by atoms with van der Waals surface area (Å²) in [6, 6.07) is 12.1. The van der Waals surface area contributed by atoms with Gasteiger partial charge in [-0.1, -0.05) is 43.6 Å². The van der Waals surface area contributed by atoms with Crippen LogP contribution in [0.2, 0.25) is 5.15 Å². The highest BCUT2D eigenvalue weighted by atomic mass is 35.5. The van der Waals surface area contributed by atoms with Gasteiger partial charge in [-0.25, -0.2) is 9.97 Å². The molecule has 2 aromatic rings. The fourth-order valence-corrected chi connectivity index (χ4v) is 2.49. The minimum atomic E-state index is 0.367. The zero-order valence-electron chi connectivity index (χ0n) is 10.4.